The molecule has 8 nitrogen and oxygen atoms in total. The Kier molecular flexibility index (Phi) is 5.48. The molecule has 36 heavy (non-hydrogen) atoms. The summed E-state index contributed by atoms with van der Waals surface area (Å²) in [5.74, 6) is 2.85. The van der Waals surface area contributed by atoms with Gasteiger partial charge < -0.3 is 23.8 Å². The van der Waals surface area contributed by atoms with Crippen molar-refractivity contribution in [2.75, 3.05) is 20.5 Å². The number of nitrogens with zero attached hydrogens (tertiary/aromatic N) is 2. The number of carbonyl (C=O) groups is 1. The van der Waals surface area contributed by atoms with Gasteiger partial charge in [-0.05, 0) is 66.6 Å². The van der Waals surface area contributed by atoms with Crippen molar-refractivity contribution >= 4 is 5.91 Å². The summed E-state index contributed by atoms with van der Waals surface area (Å²) < 4.78 is 22.0. The molecule has 0 spiro atoms. The summed E-state index contributed by atoms with van der Waals surface area (Å²) in [6, 6.07) is 21.0. The van der Waals surface area contributed by atoms with Crippen LogP contribution in [0.1, 0.15) is 40.1 Å². The quantitative estimate of drug-likeness (QED) is 0.400. The van der Waals surface area contributed by atoms with E-state index in [0.717, 1.165) is 39.4 Å². The summed E-state index contributed by atoms with van der Waals surface area (Å²) in [6.07, 6.45) is 0. The number of hydrogen-bond donors (Lipinski definition) is 1. The van der Waals surface area contributed by atoms with Crippen LogP contribution >= 0.6 is 0 Å². The van der Waals surface area contributed by atoms with Crippen LogP contribution < -0.4 is 18.9 Å². The highest BCUT2D eigenvalue weighted by atomic mass is 16.7. The van der Waals surface area contributed by atoms with Crippen LogP contribution in [-0.4, -0.2) is 41.5 Å². The monoisotopic (exact) mass is 483 g/mol. The number of methoxy groups -OCH3 is 1. The van der Waals surface area contributed by atoms with Gasteiger partial charge in [0.05, 0.1) is 25.5 Å². The number of amides is 1. The average molecular weight is 484 g/mol. The average Bonchev–Trinajstić information content (AvgIpc) is 3.62. The molecule has 0 radical (unpaired) electrons. The van der Waals surface area contributed by atoms with Crippen molar-refractivity contribution in [1.82, 2.24) is 15.1 Å². The normalized spacial score (nSPS) is 15.8. The van der Waals surface area contributed by atoms with E-state index in [4.69, 9.17) is 18.9 Å². The number of carbonyl (C=O) groups excluding carboxylic acids is 1. The van der Waals surface area contributed by atoms with Crippen LogP contribution in [0, 0.1) is 0 Å². The minimum atomic E-state index is -0.329. The number of nitrogens with one attached hydrogen (secondary N) is 1. The number of ether oxygens (including phenoxy) is 4. The summed E-state index contributed by atoms with van der Waals surface area (Å²) >= 11 is 0. The number of aromatic amines is 1. The molecule has 2 aliphatic rings. The van der Waals surface area contributed by atoms with Gasteiger partial charge in [0.15, 0.2) is 11.5 Å². The van der Waals surface area contributed by atoms with Crippen LogP contribution in [0.25, 0.3) is 11.3 Å². The molecule has 0 saturated heterocycles. The summed E-state index contributed by atoms with van der Waals surface area (Å²) in [5.41, 5.74) is 4.93. The fourth-order valence-corrected chi connectivity index (χ4v) is 4.82. The Labute approximate surface area is 208 Å². The molecular weight excluding hydrogens is 458 g/mol. The van der Waals surface area contributed by atoms with Gasteiger partial charge in [-0.25, -0.2) is 0 Å². The van der Waals surface area contributed by atoms with Gasteiger partial charge in [0, 0.05) is 17.7 Å². The molecule has 1 unspecified atom stereocenters. The Morgan fingerprint density at radius 1 is 1.00 bits per heavy atom. The maximum absolute atomic E-state index is 13.7. The molecule has 0 fully saturated rings. The van der Waals surface area contributed by atoms with Crippen LogP contribution in [0.4, 0.5) is 0 Å². The lowest BCUT2D eigenvalue weighted by Gasteiger charge is -2.27. The second kappa shape index (κ2) is 8.96. The van der Waals surface area contributed by atoms with Crippen molar-refractivity contribution in [3.05, 3.63) is 89.1 Å². The van der Waals surface area contributed by atoms with E-state index in [1.807, 2.05) is 78.6 Å². The van der Waals surface area contributed by atoms with Crippen LogP contribution in [-0.2, 0) is 6.54 Å². The summed E-state index contributed by atoms with van der Waals surface area (Å²) in [7, 11) is 1.63. The fraction of sp³-hybridized carbons (Fsp3) is 0.214. The van der Waals surface area contributed by atoms with Crippen molar-refractivity contribution < 1.29 is 23.7 Å². The van der Waals surface area contributed by atoms with Gasteiger partial charge in [0.25, 0.3) is 5.91 Å². The minimum Gasteiger partial charge on any atom is -0.497 e. The Balaban J connectivity index is 1.42. The van der Waals surface area contributed by atoms with Crippen molar-refractivity contribution in [2.45, 2.75) is 19.5 Å². The first-order chi connectivity index (χ1) is 17.7. The third-order valence-electron chi connectivity index (χ3n) is 6.52. The number of hydrogen-bond acceptors (Lipinski definition) is 6. The predicted octanol–water partition coefficient (Wildman–Crippen LogP) is 4.96. The van der Waals surface area contributed by atoms with Crippen molar-refractivity contribution in [3.63, 3.8) is 0 Å². The maximum atomic E-state index is 13.7. The van der Waals surface area contributed by atoms with Crippen molar-refractivity contribution in [1.29, 1.82) is 0 Å². The van der Waals surface area contributed by atoms with Gasteiger partial charge in [-0.3, -0.25) is 9.89 Å². The molecule has 6 rings (SSSR count). The summed E-state index contributed by atoms with van der Waals surface area (Å²) in [4.78, 5) is 15.6. The van der Waals surface area contributed by atoms with Gasteiger partial charge in [-0.15, -0.1) is 0 Å². The first kappa shape index (κ1) is 22.0. The lowest BCUT2D eigenvalue weighted by molar-refractivity contribution is 0.0730. The number of benzene rings is 3. The molecule has 1 N–H and O–H groups in total. The zero-order valence-corrected chi connectivity index (χ0v) is 20.0. The zero-order chi connectivity index (χ0) is 24.6. The van der Waals surface area contributed by atoms with Crippen LogP contribution in [0.15, 0.2) is 66.7 Å². The van der Waals surface area contributed by atoms with E-state index in [-0.39, 0.29) is 18.7 Å². The van der Waals surface area contributed by atoms with Gasteiger partial charge in [0.1, 0.15) is 17.2 Å². The molecule has 1 atom stereocenters. The Morgan fingerprint density at radius 3 is 2.50 bits per heavy atom. The Morgan fingerprint density at radius 2 is 1.75 bits per heavy atom. The molecule has 1 amide bonds. The van der Waals surface area contributed by atoms with E-state index in [1.165, 1.54) is 0 Å². The lowest BCUT2D eigenvalue weighted by Crippen LogP contribution is -2.29. The molecule has 0 bridgehead atoms. The Bertz CT molecular complexity index is 1410. The van der Waals surface area contributed by atoms with Crippen LogP contribution in [0.2, 0.25) is 0 Å². The van der Waals surface area contributed by atoms with Gasteiger partial charge in [-0.2, -0.15) is 5.10 Å². The molecule has 0 aliphatic carbocycles. The van der Waals surface area contributed by atoms with E-state index in [9.17, 15) is 4.79 Å². The van der Waals surface area contributed by atoms with E-state index in [0.29, 0.717) is 30.3 Å². The third kappa shape index (κ3) is 3.71. The molecule has 3 heterocycles. The molecule has 4 aromatic rings. The summed E-state index contributed by atoms with van der Waals surface area (Å²) in [6.45, 7) is 3.15. The van der Waals surface area contributed by atoms with Crippen molar-refractivity contribution in [2.24, 2.45) is 0 Å². The highest BCUT2D eigenvalue weighted by Gasteiger charge is 2.42. The number of fused-ring (bicyclic) bond motifs is 2. The van der Waals surface area contributed by atoms with Crippen molar-refractivity contribution in [3.8, 4) is 34.3 Å². The molecule has 1 aromatic heterocycles. The maximum Gasteiger partial charge on any atom is 0.273 e. The van der Waals surface area contributed by atoms with Gasteiger partial charge >= 0.3 is 0 Å². The molecule has 3 aromatic carbocycles. The first-order valence-corrected chi connectivity index (χ1v) is 11.8. The number of H-pyrrole nitrogens is 1. The summed E-state index contributed by atoms with van der Waals surface area (Å²) in [5, 5.41) is 7.56. The van der Waals surface area contributed by atoms with E-state index in [2.05, 4.69) is 10.2 Å². The number of aromatic nitrogens is 2. The number of rotatable bonds is 7. The largest absolute Gasteiger partial charge is 0.497 e. The highest BCUT2D eigenvalue weighted by Crippen LogP contribution is 2.44. The predicted molar refractivity (Wildman–Crippen MR) is 132 cm³/mol. The first-order valence-electron chi connectivity index (χ1n) is 11.8. The standard InChI is InChI=1S/C28H25N3O5/c1-3-34-21-11-7-19(8-12-21)27-24-25(18-5-9-20(33-2)10-6-18)29-30-26(24)28(32)31(27)15-17-4-13-22-23(14-17)36-16-35-22/h4-14,27H,3,15-16H2,1-2H3,(H,29,30). The smallest absolute Gasteiger partial charge is 0.273 e. The van der Waals surface area contributed by atoms with Crippen LogP contribution in [0.3, 0.4) is 0 Å². The topological polar surface area (TPSA) is 85.9 Å². The van der Waals surface area contributed by atoms with E-state index < -0.39 is 0 Å². The second-order valence-corrected chi connectivity index (χ2v) is 8.61. The van der Waals surface area contributed by atoms with Gasteiger partial charge in [0.2, 0.25) is 6.79 Å². The lowest BCUT2D eigenvalue weighted by atomic mass is 9.95. The molecule has 8 heteroatoms. The molecule has 0 saturated carbocycles. The van der Waals surface area contributed by atoms with E-state index in [1.54, 1.807) is 7.11 Å². The molecule has 182 valence electrons. The van der Waals surface area contributed by atoms with Gasteiger partial charge in [-0.1, -0.05) is 18.2 Å². The Hall–Kier alpha value is -4.46. The van der Waals surface area contributed by atoms with E-state index >= 15 is 0 Å². The molecular formula is C28H25N3O5. The fourth-order valence-electron chi connectivity index (χ4n) is 4.82. The second-order valence-electron chi connectivity index (χ2n) is 8.61. The van der Waals surface area contributed by atoms with Crippen LogP contribution in [0.5, 0.6) is 23.0 Å². The SMILES string of the molecule is CCOc1ccc(C2c3c(-c4ccc(OC)cc4)n[nH]c3C(=O)N2Cc2ccc3c(c2)OCO3)cc1. The third-order valence-corrected chi connectivity index (χ3v) is 6.52. The highest BCUT2D eigenvalue weighted by molar-refractivity contribution is 6.00. The zero-order valence-electron chi connectivity index (χ0n) is 20.0. The minimum absolute atomic E-state index is 0.103. The molecule has 2 aliphatic heterocycles.